The second-order valence-electron chi connectivity index (χ2n) is 4.07. The summed E-state index contributed by atoms with van der Waals surface area (Å²) in [5.41, 5.74) is -0.334. The average Bonchev–Trinajstić information content (AvgIpc) is 2.46. The Hall–Kier alpha value is -2.24. The fourth-order valence-corrected chi connectivity index (χ4v) is 2.08. The first-order valence-electron chi connectivity index (χ1n) is 5.72. The zero-order chi connectivity index (χ0) is 14.7. The molecule has 1 unspecified atom stereocenters. The normalized spacial score (nSPS) is 11.9. The van der Waals surface area contributed by atoms with Crippen LogP contribution < -0.4 is 0 Å². The minimum Gasteiger partial charge on any atom is -0.380 e. The highest BCUT2D eigenvalue weighted by molar-refractivity contribution is 6.33. The number of carbonyl (C=O) groups excluding carboxylic acids is 1. The van der Waals surface area contributed by atoms with Crippen LogP contribution in [-0.2, 0) is 0 Å². The number of para-hydroxylation sites is 1. The van der Waals surface area contributed by atoms with Crippen LogP contribution in [0.1, 0.15) is 22.0 Å². The van der Waals surface area contributed by atoms with Gasteiger partial charge in [-0.1, -0.05) is 48.0 Å². The highest BCUT2D eigenvalue weighted by Gasteiger charge is 2.28. The monoisotopic (exact) mass is 291 g/mol. The third-order valence-corrected chi connectivity index (χ3v) is 3.10. The highest BCUT2D eigenvalue weighted by Crippen LogP contribution is 2.31. The number of aliphatic hydroxyl groups is 1. The zero-order valence-electron chi connectivity index (χ0n) is 10.2. The average molecular weight is 292 g/mol. The molecule has 0 aliphatic heterocycles. The van der Waals surface area contributed by atoms with Gasteiger partial charge in [0.05, 0.1) is 4.92 Å². The van der Waals surface area contributed by atoms with E-state index in [4.69, 9.17) is 11.6 Å². The summed E-state index contributed by atoms with van der Waals surface area (Å²) >= 11 is 5.74. The Balaban J connectivity index is 2.44. The molecule has 2 aromatic rings. The van der Waals surface area contributed by atoms with Crippen LogP contribution in [0.2, 0.25) is 5.02 Å². The largest absolute Gasteiger partial charge is 0.380 e. The maximum Gasteiger partial charge on any atom is 0.298 e. The highest BCUT2D eigenvalue weighted by atomic mass is 35.5. The Morgan fingerprint density at radius 1 is 1.15 bits per heavy atom. The number of rotatable bonds is 4. The lowest BCUT2D eigenvalue weighted by molar-refractivity contribution is -0.385. The van der Waals surface area contributed by atoms with Gasteiger partial charge in [0.2, 0.25) is 5.78 Å². The first kappa shape index (κ1) is 14.2. The minimum absolute atomic E-state index is 0.138. The van der Waals surface area contributed by atoms with Gasteiger partial charge >= 0.3 is 0 Å². The first-order valence-corrected chi connectivity index (χ1v) is 6.10. The number of hydrogen-bond acceptors (Lipinski definition) is 4. The third kappa shape index (κ3) is 2.68. The van der Waals surface area contributed by atoms with Crippen LogP contribution in [0.5, 0.6) is 0 Å². The number of ketones is 1. The van der Waals surface area contributed by atoms with E-state index in [1.807, 2.05) is 0 Å². The molecule has 0 fully saturated rings. The lowest BCUT2D eigenvalue weighted by Crippen LogP contribution is -2.14. The summed E-state index contributed by atoms with van der Waals surface area (Å²) in [6.07, 6.45) is -1.46. The summed E-state index contributed by atoms with van der Waals surface area (Å²) in [5, 5.41) is 20.9. The molecule has 20 heavy (non-hydrogen) atoms. The minimum atomic E-state index is -1.46. The Morgan fingerprint density at radius 2 is 1.80 bits per heavy atom. The number of hydrogen-bond donors (Lipinski definition) is 1. The number of benzene rings is 2. The van der Waals surface area contributed by atoms with Crippen LogP contribution in [0.15, 0.2) is 48.5 Å². The first-order chi connectivity index (χ1) is 9.52. The van der Waals surface area contributed by atoms with Crippen LogP contribution in [0.4, 0.5) is 5.69 Å². The Labute approximate surface area is 119 Å². The molecular formula is C14H10ClNO4. The van der Waals surface area contributed by atoms with Crippen molar-refractivity contribution in [2.24, 2.45) is 0 Å². The molecule has 1 N–H and O–H groups in total. The molecule has 0 aliphatic rings. The van der Waals surface area contributed by atoms with Crippen molar-refractivity contribution in [1.82, 2.24) is 0 Å². The molecule has 0 amide bonds. The maximum atomic E-state index is 12.2. The zero-order valence-corrected chi connectivity index (χ0v) is 10.9. The van der Waals surface area contributed by atoms with Gasteiger partial charge in [0.25, 0.3) is 5.69 Å². The Morgan fingerprint density at radius 3 is 2.40 bits per heavy atom. The fourth-order valence-electron chi connectivity index (χ4n) is 1.83. The lowest BCUT2D eigenvalue weighted by Gasteiger charge is -2.10. The number of nitro benzene ring substituents is 1. The molecule has 2 aromatic carbocycles. The predicted octanol–water partition coefficient (Wildman–Crippen LogP) is 3.16. The second kappa shape index (κ2) is 5.81. The van der Waals surface area contributed by atoms with E-state index in [-0.39, 0.29) is 10.6 Å². The SMILES string of the molecule is O=C(c1cccc(Cl)c1[N+](=O)[O-])C(O)c1ccccc1. The van der Waals surface area contributed by atoms with Crippen molar-refractivity contribution in [3.63, 3.8) is 0 Å². The molecule has 0 bridgehead atoms. The van der Waals surface area contributed by atoms with Crippen LogP contribution in [0.25, 0.3) is 0 Å². The predicted molar refractivity (Wildman–Crippen MR) is 73.8 cm³/mol. The van der Waals surface area contributed by atoms with Crippen molar-refractivity contribution in [2.45, 2.75) is 6.10 Å². The van der Waals surface area contributed by atoms with Crippen molar-refractivity contribution in [2.75, 3.05) is 0 Å². The number of nitro groups is 1. The van der Waals surface area contributed by atoms with Crippen LogP contribution >= 0.6 is 11.6 Å². The van der Waals surface area contributed by atoms with Gasteiger partial charge in [0, 0.05) is 0 Å². The van der Waals surface area contributed by atoms with Gasteiger partial charge in [-0.15, -0.1) is 0 Å². The molecule has 0 saturated heterocycles. The molecule has 2 rings (SSSR count). The summed E-state index contributed by atoms with van der Waals surface area (Å²) in [6.45, 7) is 0. The van der Waals surface area contributed by atoms with E-state index >= 15 is 0 Å². The van der Waals surface area contributed by atoms with E-state index in [1.54, 1.807) is 30.3 Å². The maximum absolute atomic E-state index is 12.2. The van der Waals surface area contributed by atoms with Crippen molar-refractivity contribution in [1.29, 1.82) is 0 Å². The quantitative estimate of drug-likeness (QED) is 0.533. The molecule has 102 valence electrons. The third-order valence-electron chi connectivity index (χ3n) is 2.80. The summed E-state index contributed by atoms with van der Waals surface area (Å²) < 4.78 is 0. The smallest absolute Gasteiger partial charge is 0.298 e. The van der Waals surface area contributed by atoms with Crippen LogP contribution in [0.3, 0.4) is 0 Å². The van der Waals surface area contributed by atoms with E-state index in [0.717, 1.165) is 0 Å². The molecule has 0 aromatic heterocycles. The van der Waals surface area contributed by atoms with E-state index in [1.165, 1.54) is 18.2 Å². The van der Waals surface area contributed by atoms with Crippen LogP contribution in [-0.4, -0.2) is 15.8 Å². The van der Waals surface area contributed by atoms with Crippen molar-refractivity contribution < 1.29 is 14.8 Å². The number of nitrogens with zero attached hydrogens (tertiary/aromatic N) is 1. The molecule has 5 nitrogen and oxygen atoms in total. The van der Waals surface area contributed by atoms with E-state index in [2.05, 4.69) is 0 Å². The number of halogens is 1. The number of carbonyl (C=O) groups is 1. The Kier molecular flexibility index (Phi) is 4.12. The van der Waals surface area contributed by atoms with Crippen LogP contribution in [0, 0.1) is 10.1 Å². The molecule has 0 radical (unpaired) electrons. The fraction of sp³-hybridized carbons (Fsp3) is 0.0714. The summed E-state index contributed by atoms with van der Waals surface area (Å²) in [5.74, 6) is -0.759. The van der Waals surface area contributed by atoms with Gasteiger partial charge in [0.1, 0.15) is 16.7 Å². The molecule has 0 aliphatic carbocycles. The molecule has 6 heteroatoms. The second-order valence-corrected chi connectivity index (χ2v) is 4.48. The van der Waals surface area contributed by atoms with Gasteiger partial charge in [0.15, 0.2) is 0 Å². The topological polar surface area (TPSA) is 80.4 Å². The standard InChI is InChI=1S/C14H10ClNO4/c15-11-8-4-7-10(12(11)16(19)20)14(18)13(17)9-5-2-1-3-6-9/h1-8,13,17H. The van der Waals surface area contributed by atoms with Crippen molar-refractivity contribution >= 4 is 23.1 Å². The molecule has 1 atom stereocenters. The summed E-state index contributed by atoms with van der Waals surface area (Å²) in [7, 11) is 0. The molecular weight excluding hydrogens is 282 g/mol. The Bertz CT molecular complexity index is 657. The van der Waals surface area contributed by atoms with E-state index in [0.29, 0.717) is 5.56 Å². The number of aliphatic hydroxyl groups excluding tert-OH is 1. The lowest BCUT2D eigenvalue weighted by atomic mass is 9.99. The molecule has 0 spiro atoms. The summed E-state index contributed by atoms with van der Waals surface area (Å²) in [6, 6.07) is 12.2. The van der Waals surface area contributed by atoms with Gasteiger partial charge in [-0.25, -0.2) is 0 Å². The molecule has 0 heterocycles. The van der Waals surface area contributed by atoms with Gasteiger partial charge < -0.3 is 5.11 Å². The van der Waals surface area contributed by atoms with Gasteiger partial charge in [-0.2, -0.15) is 0 Å². The number of Topliss-reactive ketones (excluding diaryl/α,β-unsaturated/α-hetero) is 1. The van der Waals surface area contributed by atoms with E-state index in [9.17, 15) is 20.0 Å². The van der Waals surface area contributed by atoms with Crippen molar-refractivity contribution in [3.8, 4) is 0 Å². The summed E-state index contributed by atoms with van der Waals surface area (Å²) in [4.78, 5) is 22.5. The van der Waals surface area contributed by atoms with E-state index < -0.39 is 22.5 Å². The van der Waals surface area contributed by atoms with Gasteiger partial charge in [-0.3, -0.25) is 14.9 Å². The van der Waals surface area contributed by atoms with Gasteiger partial charge in [-0.05, 0) is 17.7 Å². The van der Waals surface area contributed by atoms with Crippen molar-refractivity contribution in [3.05, 3.63) is 74.8 Å². The molecule has 0 saturated carbocycles.